The van der Waals surface area contributed by atoms with E-state index in [0.29, 0.717) is 46.1 Å². The first-order valence-corrected chi connectivity index (χ1v) is 9.65. The summed E-state index contributed by atoms with van der Waals surface area (Å²) in [5, 5.41) is 14.5. The van der Waals surface area contributed by atoms with Gasteiger partial charge < -0.3 is 19.2 Å². The summed E-state index contributed by atoms with van der Waals surface area (Å²) in [5.74, 6) is 1.37. The summed E-state index contributed by atoms with van der Waals surface area (Å²) in [6, 6.07) is 10.6. The van der Waals surface area contributed by atoms with E-state index in [-0.39, 0.29) is 14.9 Å². The van der Waals surface area contributed by atoms with Gasteiger partial charge in [0.05, 0.1) is 29.4 Å². The second-order valence-corrected chi connectivity index (χ2v) is 6.62. The van der Waals surface area contributed by atoms with E-state index in [1.165, 1.54) is 0 Å². The van der Waals surface area contributed by atoms with Gasteiger partial charge in [-0.05, 0) is 49.9 Å². The van der Waals surface area contributed by atoms with Gasteiger partial charge in [0.25, 0.3) is 11.2 Å². The van der Waals surface area contributed by atoms with Crippen LogP contribution in [0.15, 0.2) is 41.0 Å². The normalized spacial score (nSPS) is 10.0. The summed E-state index contributed by atoms with van der Waals surface area (Å²) >= 11 is 0. The highest BCUT2D eigenvalue weighted by Gasteiger charge is 2.17. The number of fused-ring (bicyclic) bond motifs is 2. The molecule has 0 bridgehead atoms. The van der Waals surface area contributed by atoms with Crippen molar-refractivity contribution >= 4 is 22.1 Å². The van der Waals surface area contributed by atoms with E-state index in [1.54, 1.807) is 24.3 Å². The van der Waals surface area contributed by atoms with E-state index in [2.05, 4.69) is 9.79 Å². The van der Waals surface area contributed by atoms with Gasteiger partial charge in [-0.2, -0.15) is 0 Å². The van der Waals surface area contributed by atoms with Gasteiger partial charge in [-0.1, -0.05) is 14.9 Å². The Kier molecular flexibility index (Phi) is 9.19. The Labute approximate surface area is 187 Å². The van der Waals surface area contributed by atoms with Crippen LogP contribution in [0.5, 0.6) is 11.5 Å². The van der Waals surface area contributed by atoms with Crippen molar-refractivity contribution in [1.29, 1.82) is 0 Å². The van der Waals surface area contributed by atoms with Crippen molar-refractivity contribution in [1.82, 2.24) is 9.72 Å². The standard InChI is InChI=1S/C13H17N2O2.C8H8N2O3.2CH4/c1-5-17-11-6-7-12-13(8-11)15(16)10(3)9(2)14(12)4;1-2-12-6-3-4-7-8(5-6)10(11)13-9-7;;/h6-8H,5H2,1-4H3;3-5H,2H2,1H3;2*1H4/q+1;;;. The van der Waals surface area contributed by atoms with Crippen molar-refractivity contribution in [3.05, 3.63) is 57.9 Å². The molecule has 0 aliphatic rings. The highest BCUT2D eigenvalue weighted by molar-refractivity contribution is 5.74. The number of benzene rings is 2. The predicted molar refractivity (Wildman–Crippen MR) is 125 cm³/mol. The van der Waals surface area contributed by atoms with Crippen LogP contribution in [0.4, 0.5) is 0 Å². The second kappa shape index (κ2) is 11.1. The van der Waals surface area contributed by atoms with E-state index in [9.17, 15) is 10.1 Å². The molecule has 2 aromatic heterocycles. The van der Waals surface area contributed by atoms with E-state index in [0.717, 1.165) is 21.4 Å². The summed E-state index contributed by atoms with van der Waals surface area (Å²) in [4.78, 5) is 12.5. The van der Waals surface area contributed by atoms with Crippen molar-refractivity contribution in [3.63, 3.8) is 0 Å². The maximum Gasteiger partial charge on any atom is 0.290 e. The molecule has 0 amide bonds. The zero-order valence-electron chi connectivity index (χ0n) is 17.7. The van der Waals surface area contributed by atoms with Gasteiger partial charge in [-0.3, -0.25) is 4.63 Å². The average Bonchev–Trinajstić information content (AvgIpc) is 3.12. The third kappa shape index (κ3) is 5.16. The highest BCUT2D eigenvalue weighted by Crippen LogP contribution is 2.19. The van der Waals surface area contributed by atoms with Crippen molar-refractivity contribution in [2.24, 2.45) is 7.05 Å². The number of aromatic nitrogens is 4. The fraction of sp³-hybridized carbons (Fsp3) is 0.391. The van der Waals surface area contributed by atoms with Crippen LogP contribution >= 0.6 is 0 Å². The van der Waals surface area contributed by atoms with Gasteiger partial charge >= 0.3 is 0 Å². The largest absolute Gasteiger partial charge is 0.494 e. The molecule has 0 aliphatic heterocycles. The van der Waals surface area contributed by atoms with Crippen molar-refractivity contribution in [2.75, 3.05) is 13.2 Å². The van der Waals surface area contributed by atoms with E-state index in [4.69, 9.17) is 9.47 Å². The Morgan fingerprint density at radius 2 is 1.56 bits per heavy atom. The molecule has 174 valence electrons. The molecule has 9 nitrogen and oxygen atoms in total. The topological polar surface area (TPSA) is 99.3 Å². The zero-order valence-corrected chi connectivity index (χ0v) is 17.7. The maximum atomic E-state index is 12.1. The minimum Gasteiger partial charge on any atom is -0.494 e. The SMILES string of the molecule is C.C.CCOc1ccc2c(c1)[n+](=O)c(C)c(C)n2C.CCOc1ccc2no[n+]([O-])c2c1. The molecule has 0 fully saturated rings. The number of hydrogen-bond acceptors (Lipinski definition) is 6. The Morgan fingerprint density at radius 1 is 1.00 bits per heavy atom. The lowest BCUT2D eigenvalue weighted by Crippen LogP contribution is -2.24. The number of rotatable bonds is 4. The van der Waals surface area contributed by atoms with E-state index >= 15 is 0 Å². The van der Waals surface area contributed by atoms with Crippen LogP contribution < -0.4 is 18.8 Å². The maximum absolute atomic E-state index is 12.1. The summed E-state index contributed by atoms with van der Waals surface area (Å²) in [5.41, 5.74) is 4.14. The zero-order chi connectivity index (χ0) is 21.8. The summed E-state index contributed by atoms with van der Waals surface area (Å²) in [6.45, 7) is 8.74. The first-order chi connectivity index (χ1) is 14.4. The monoisotopic (exact) mass is 445 g/mol. The fourth-order valence-electron chi connectivity index (χ4n) is 3.07. The lowest BCUT2D eigenvalue weighted by molar-refractivity contribution is -0.782. The Bertz CT molecular complexity index is 1250. The smallest absolute Gasteiger partial charge is 0.290 e. The molecule has 9 heteroatoms. The van der Waals surface area contributed by atoms with Crippen molar-refractivity contribution in [3.8, 4) is 11.5 Å². The molecule has 0 aliphatic carbocycles. The number of aryl methyl sites for hydroxylation is 1. The van der Waals surface area contributed by atoms with Crippen LogP contribution in [0.1, 0.15) is 40.1 Å². The van der Waals surface area contributed by atoms with Crippen molar-refractivity contribution in [2.45, 2.75) is 42.5 Å². The first-order valence-electron chi connectivity index (χ1n) is 9.65. The quantitative estimate of drug-likeness (QED) is 0.344. The van der Waals surface area contributed by atoms with Gasteiger partial charge in [-0.15, -0.1) is 0 Å². The molecule has 0 saturated heterocycles. The van der Waals surface area contributed by atoms with Crippen LogP contribution in [-0.2, 0) is 7.05 Å². The molecule has 32 heavy (non-hydrogen) atoms. The minimum atomic E-state index is 0. The molecule has 4 rings (SSSR count). The van der Waals surface area contributed by atoms with Gasteiger partial charge in [0.15, 0.2) is 0 Å². The number of nitrogens with zero attached hydrogens (tertiary/aromatic N) is 4. The molecule has 4 aromatic rings. The van der Waals surface area contributed by atoms with Gasteiger partial charge in [-0.25, -0.2) is 0 Å². The molecule has 0 N–H and O–H groups in total. The molecule has 2 heterocycles. The highest BCUT2D eigenvalue weighted by atomic mass is 16.8. The lowest BCUT2D eigenvalue weighted by atomic mass is 10.2. The van der Waals surface area contributed by atoms with Crippen LogP contribution in [0.2, 0.25) is 0 Å². The number of ether oxygens (including phenoxy) is 2. The molecule has 0 saturated carbocycles. The Morgan fingerprint density at radius 3 is 2.16 bits per heavy atom. The van der Waals surface area contributed by atoms with Crippen LogP contribution in [0.3, 0.4) is 0 Å². The molecule has 0 atom stereocenters. The third-order valence-electron chi connectivity index (χ3n) is 4.84. The molecule has 2 aromatic carbocycles. The predicted octanol–water partition coefficient (Wildman–Crippen LogP) is 4.24. The first kappa shape index (κ1) is 26.4. The molecule has 0 spiro atoms. The van der Waals surface area contributed by atoms with Gasteiger partial charge in [0.2, 0.25) is 11.0 Å². The number of hydrogen-bond donors (Lipinski definition) is 0. The Balaban J connectivity index is 0.000000310. The average molecular weight is 446 g/mol. The molecular formula is C23H33N4O5+. The summed E-state index contributed by atoms with van der Waals surface area (Å²) in [6.07, 6.45) is 0. The molecular weight excluding hydrogens is 412 g/mol. The third-order valence-corrected chi connectivity index (χ3v) is 4.84. The van der Waals surface area contributed by atoms with Crippen LogP contribution in [-0.4, -0.2) is 22.9 Å². The molecule has 0 unspecified atom stereocenters. The lowest BCUT2D eigenvalue weighted by Gasteiger charge is -2.07. The Hall–Kier alpha value is -3.62. The van der Waals surface area contributed by atoms with Gasteiger partial charge in [0.1, 0.15) is 17.0 Å². The van der Waals surface area contributed by atoms with Crippen molar-refractivity contribution < 1.29 is 23.4 Å². The second-order valence-electron chi connectivity index (χ2n) is 6.62. The molecule has 0 radical (unpaired) electrons. The van der Waals surface area contributed by atoms with Crippen LogP contribution in [0, 0.1) is 24.0 Å². The van der Waals surface area contributed by atoms with E-state index in [1.807, 2.05) is 51.4 Å². The fourth-order valence-corrected chi connectivity index (χ4v) is 3.07. The van der Waals surface area contributed by atoms with Crippen LogP contribution in [0.25, 0.3) is 22.1 Å². The summed E-state index contributed by atoms with van der Waals surface area (Å²) < 4.78 is 18.0. The van der Waals surface area contributed by atoms with Gasteiger partial charge in [0, 0.05) is 30.1 Å². The van der Waals surface area contributed by atoms with E-state index < -0.39 is 0 Å². The summed E-state index contributed by atoms with van der Waals surface area (Å²) in [7, 11) is 1.96. The minimum absolute atomic E-state index is 0.